The van der Waals surface area contributed by atoms with Gasteiger partial charge in [0, 0.05) is 18.0 Å². The first kappa shape index (κ1) is 7.60. The van der Waals surface area contributed by atoms with Crippen LogP contribution in [0.5, 0.6) is 0 Å². The summed E-state index contributed by atoms with van der Waals surface area (Å²) in [6.45, 7) is 4.13. The van der Waals surface area contributed by atoms with Crippen LogP contribution in [0.2, 0.25) is 0 Å². The highest BCUT2D eigenvalue weighted by Crippen LogP contribution is 2.03. The van der Waals surface area contributed by atoms with Gasteiger partial charge in [0.25, 0.3) is 0 Å². The number of rotatable bonds is 2. The summed E-state index contributed by atoms with van der Waals surface area (Å²) >= 11 is 4.08. The van der Waals surface area contributed by atoms with Gasteiger partial charge in [0.1, 0.15) is 0 Å². The molecule has 0 fully saturated rings. The molecule has 0 radical (unpaired) electrons. The molecule has 1 heterocycles. The van der Waals surface area contributed by atoms with Crippen molar-refractivity contribution >= 4 is 12.6 Å². The predicted molar refractivity (Wildman–Crippen MR) is 43.1 cm³/mol. The molecule has 0 bridgehead atoms. The van der Waals surface area contributed by atoms with Gasteiger partial charge in [-0.3, -0.25) is 0 Å². The van der Waals surface area contributed by atoms with E-state index in [4.69, 9.17) is 0 Å². The van der Waals surface area contributed by atoms with Crippen molar-refractivity contribution < 1.29 is 0 Å². The fourth-order valence-electron chi connectivity index (χ4n) is 0.638. The second-order valence-electron chi connectivity index (χ2n) is 2.44. The normalized spacial score (nSPS) is 10.8. The average molecular weight is 157 g/mol. The van der Waals surface area contributed by atoms with Gasteiger partial charge in [-0.2, -0.15) is 12.6 Å². The Morgan fingerprint density at radius 1 is 1.70 bits per heavy atom. The summed E-state index contributed by atoms with van der Waals surface area (Å²) in [5, 5.41) is 7.80. The zero-order chi connectivity index (χ0) is 7.56. The predicted octanol–water partition coefficient (Wildman–Crippen LogP) is 1.29. The van der Waals surface area contributed by atoms with Crippen LogP contribution in [0, 0.1) is 0 Å². The molecule has 4 heteroatoms. The first-order chi connectivity index (χ1) is 4.74. The SMILES string of the molecule is CC(C)n1cc(CS)nn1. The molecule has 1 rings (SSSR count). The number of aromatic nitrogens is 3. The van der Waals surface area contributed by atoms with Crippen molar-refractivity contribution in [2.45, 2.75) is 25.6 Å². The number of nitrogens with zero attached hydrogens (tertiary/aromatic N) is 3. The zero-order valence-electron chi connectivity index (χ0n) is 6.15. The maximum Gasteiger partial charge on any atom is 0.0923 e. The number of thiol groups is 1. The van der Waals surface area contributed by atoms with Gasteiger partial charge in [0.2, 0.25) is 0 Å². The molecule has 1 aromatic heterocycles. The van der Waals surface area contributed by atoms with Gasteiger partial charge in [0.05, 0.1) is 5.69 Å². The first-order valence-corrected chi connectivity index (χ1v) is 3.89. The molecular formula is C6H11N3S. The second-order valence-corrected chi connectivity index (χ2v) is 2.76. The summed E-state index contributed by atoms with van der Waals surface area (Å²) in [7, 11) is 0. The van der Waals surface area contributed by atoms with Crippen molar-refractivity contribution in [2.75, 3.05) is 0 Å². The van der Waals surface area contributed by atoms with Crippen molar-refractivity contribution in [2.24, 2.45) is 0 Å². The summed E-state index contributed by atoms with van der Waals surface area (Å²) in [6, 6.07) is 0.390. The Balaban J connectivity index is 2.78. The molecule has 0 amide bonds. The lowest BCUT2D eigenvalue weighted by molar-refractivity contribution is 0.514. The largest absolute Gasteiger partial charge is 0.250 e. The van der Waals surface area contributed by atoms with Gasteiger partial charge in [-0.05, 0) is 13.8 Å². The van der Waals surface area contributed by atoms with E-state index in [2.05, 4.69) is 36.8 Å². The Morgan fingerprint density at radius 3 is 2.70 bits per heavy atom. The van der Waals surface area contributed by atoms with Crippen LogP contribution in [0.4, 0.5) is 0 Å². The summed E-state index contributed by atoms with van der Waals surface area (Å²) in [4.78, 5) is 0. The van der Waals surface area contributed by atoms with Crippen LogP contribution in [0.15, 0.2) is 6.20 Å². The number of hydrogen-bond acceptors (Lipinski definition) is 3. The minimum absolute atomic E-state index is 0.390. The van der Waals surface area contributed by atoms with Crippen molar-refractivity contribution in [3.05, 3.63) is 11.9 Å². The summed E-state index contributed by atoms with van der Waals surface area (Å²) < 4.78 is 1.82. The minimum atomic E-state index is 0.390. The first-order valence-electron chi connectivity index (χ1n) is 3.25. The van der Waals surface area contributed by atoms with Crippen LogP contribution in [-0.2, 0) is 5.75 Å². The van der Waals surface area contributed by atoms with Gasteiger partial charge < -0.3 is 0 Å². The van der Waals surface area contributed by atoms with Crippen molar-refractivity contribution in [1.82, 2.24) is 15.0 Å². The summed E-state index contributed by atoms with van der Waals surface area (Å²) in [6.07, 6.45) is 1.91. The van der Waals surface area contributed by atoms with Gasteiger partial charge in [-0.15, -0.1) is 5.10 Å². The van der Waals surface area contributed by atoms with Crippen LogP contribution in [0.1, 0.15) is 25.6 Å². The Morgan fingerprint density at radius 2 is 2.40 bits per heavy atom. The van der Waals surface area contributed by atoms with E-state index >= 15 is 0 Å². The van der Waals surface area contributed by atoms with Crippen LogP contribution in [0.3, 0.4) is 0 Å². The van der Waals surface area contributed by atoms with Crippen LogP contribution < -0.4 is 0 Å². The third-order valence-electron chi connectivity index (χ3n) is 1.25. The third kappa shape index (κ3) is 1.50. The van der Waals surface area contributed by atoms with E-state index in [0.717, 1.165) is 5.69 Å². The van der Waals surface area contributed by atoms with Crippen molar-refractivity contribution in [3.8, 4) is 0 Å². The third-order valence-corrected chi connectivity index (χ3v) is 1.57. The molecule has 0 aliphatic rings. The Bertz CT molecular complexity index is 207. The molecule has 56 valence electrons. The molecule has 0 N–H and O–H groups in total. The number of hydrogen-bond donors (Lipinski definition) is 1. The Labute approximate surface area is 65.8 Å². The van der Waals surface area contributed by atoms with E-state index in [1.54, 1.807) is 0 Å². The lowest BCUT2D eigenvalue weighted by Gasteiger charge is -2.00. The van der Waals surface area contributed by atoms with E-state index in [9.17, 15) is 0 Å². The highest BCUT2D eigenvalue weighted by Gasteiger charge is 2.00. The highest BCUT2D eigenvalue weighted by molar-refractivity contribution is 7.79. The highest BCUT2D eigenvalue weighted by atomic mass is 32.1. The van der Waals surface area contributed by atoms with Gasteiger partial charge in [-0.25, -0.2) is 4.68 Å². The molecule has 0 spiro atoms. The van der Waals surface area contributed by atoms with Crippen molar-refractivity contribution in [3.63, 3.8) is 0 Å². The van der Waals surface area contributed by atoms with Gasteiger partial charge in [-0.1, -0.05) is 5.21 Å². The van der Waals surface area contributed by atoms with E-state index in [1.165, 1.54) is 0 Å². The second kappa shape index (κ2) is 3.05. The van der Waals surface area contributed by atoms with Crippen molar-refractivity contribution in [1.29, 1.82) is 0 Å². The monoisotopic (exact) mass is 157 g/mol. The topological polar surface area (TPSA) is 30.7 Å². The molecule has 0 saturated carbocycles. The van der Waals surface area contributed by atoms with Crippen LogP contribution in [0.25, 0.3) is 0 Å². The fourth-order valence-corrected chi connectivity index (χ4v) is 0.783. The summed E-state index contributed by atoms with van der Waals surface area (Å²) in [5.74, 6) is 0.659. The molecule has 3 nitrogen and oxygen atoms in total. The Hall–Kier alpha value is -0.510. The lowest BCUT2D eigenvalue weighted by Crippen LogP contribution is -2.00. The molecule has 0 aliphatic carbocycles. The van der Waals surface area contributed by atoms with E-state index < -0.39 is 0 Å². The molecule has 0 unspecified atom stereocenters. The molecule has 0 aromatic carbocycles. The molecule has 0 atom stereocenters. The van der Waals surface area contributed by atoms with Gasteiger partial charge >= 0.3 is 0 Å². The average Bonchev–Trinajstić information content (AvgIpc) is 2.34. The van der Waals surface area contributed by atoms with E-state index in [-0.39, 0.29) is 0 Å². The van der Waals surface area contributed by atoms with E-state index in [0.29, 0.717) is 11.8 Å². The quantitative estimate of drug-likeness (QED) is 0.656. The summed E-state index contributed by atoms with van der Waals surface area (Å²) in [5.41, 5.74) is 0.928. The molecular weight excluding hydrogens is 146 g/mol. The maximum absolute atomic E-state index is 4.08. The maximum atomic E-state index is 4.08. The van der Waals surface area contributed by atoms with Crippen LogP contribution >= 0.6 is 12.6 Å². The van der Waals surface area contributed by atoms with E-state index in [1.807, 2.05) is 10.9 Å². The van der Waals surface area contributed by atoms with Gasteiger partial charge in [0.15, 0.2) is 0 Å². The molecule has 0 saturated heterocycles. The van der Waals surface area contributed by atoms with Crippen LogP contribution in [-0.4, -0.2) is 15.0 Å². The zero-order valence-corrected chi connectivity index (χ0v) is 7.05. The molecule has 1 aromatic rings. The lowest BCUT2D eigenvalue weighted by atomic mass is 10.4. The fraction of sp³-hybridized carbons (Fsp3) is 0.667. The molecule has 10 heavy (non-hydrogen) atoms. The minimum Gasteiger partial charge on any atom is -0.250 e. The molecule has 0 aliphatic heterocycles. The smallest absolute Gasteiger partial charge is 0.0923 e. The Kier molecular flexibility index (Phi) is 2.32. The standard InChI is InChI=1S/C6H11N3S/c1-5(2)9-3-6(4-10)7-8-9/h3,5,10H,4H2,1-2H3.